The molecule has 0 aliphatic heterocycles. The summed E-state index contributed by atoms with van der Waals surface area (Å²) in [6.07, 6.45) is 0.210. The highest BCUT2D eigenvalue weighted by Gasteiger charge is 2.03. The van der Waals surface area contributed by atoms with Gasteiger partial charge in [-0.05, 0) is 41.8 Å². The highest BCUT2D eigenvalue weighted by Crippen LogP contribution is 2.09. The van der Waals surface area contributed by atoms with Crippen molar-refractivity contribution in [1.29, 1.82) is 0 Å². The first-order valence-electron chi connectivity index (χ1n) is 3.97. The zero-order valence-electron chi connectivity index (χ0n) is 7.19. The van der Waals surface area contributed by atoms with E-state index in [2.05, 4.69) is 5.32 Å². The minimum atomic E-state index is -0.707. The van der Waals surface area contributed by atoms with E-state index in [-0.39, 0.29) is 18.5 Å². The van der Waals surface area contributed by atoms with Crippen molar-refractivity contribution in [3.63, 3.8) is 0 Å². The molecule has 76 valence electrons. The topological polar surface area (TPSA) is 29.1 Å². The van der Waals surface area contributed by atoms with Crippen LogP contribution < -0.4 is 5.32 Å². The Morgan fingerprint density at radius 1 is 1.43 bits per heavy atom. The van der Waals surface area contributed by atoms with E-state index in [1.165, 1.54) is 0 Å². The van der Waals surface area contributed by atoms with Gasteiger partial charge < -0.3 is 5.32 Å². The van der Waals surface area contributed by atoms with Gasteiger partial charge in [0.1, 0.15) is 11.6 Å². The van der Waals surface area contributed by atoms with Crippen LogP contribution in [0.2, 0.25) is 0 Å². The maximum Gasteiger partial charge on any atom is 0.313 e. The summed E-state index contributed by atoms with van der Waals surface area (Å²) in [5.74, 6) is -0.992. The van der Waals surface area contributed by atoms with Crippen molar-refractivity contribution in [1.82, 2.24) is 5.32 Å². The molecule has 0 aromatic heterocycles. The number of hydrogen-bond donors (Lipinski definition) is 1. The van der Waals surface area contributed by atoms with Crippen LogP contribution in [0.1, 0.15) is 5.56 Å². The minimum Gasteiger partial charge on any atom is -0.342 e. The van der Waals surface area contributed by atoms with Crippen molar-refractivity contribution in [2.45, 2.75) is 6.42 Å². The van der Waals surface area contributed by atoms with Crippen molar-refractivity contribution >= 4 is 17.0 Å². The van der Waals surface area contributed by atoms with Crippen LogP contribution in [-0.2, 0) is 6.42 Å². The average Bonchev–Trinajstić information content (AvgIpc) is 2.10. The van der Waals surface area contributed by atoms with Gasteiger partial charge >= 0.3 is 5.37 Å². The van der Waals surface area contributed by atoms with Gasteiger partial charge in [-0.2, -0.15) is 0 Å². The Morgan fingerprint density at radius 2 is 2.14 bits per heavy atom. The maximum atomic E-state index is 13.0. The van der Waals surface area contributed by atoms with Crippen LogP contribution in [0.25, 0.3) is 0 Å². The number of halogens is 3. The summed E-state index contributed by atoms with van der Waals surface area (Å²) in [6.45, 7) is 0.183. The Kier molecular flexibility index (Phi) is 3.83. The Balaban J connectivity index is 2.57. The number of carbonyl (C=O) groups excluding carboxylic acids is 1. The zero-order valence-corrected chi connectivity index (χ0v) is 7.94. The summed E-state index contributed by atoms with van der Waals surface area (Å²) in [6, 6.07) is 3.18. The maximum absolute atomic E-state index is 13.0. The standard InChI is InChI=1S/C9H8ClF2NO/c10-9(14)13-4-3-6-5-7(11)1-2-8(6)12/h1-2,5H,3-4H2,(H,13,14). The highest BCUT2D eigenvalue weighted by molar-refractivity contribution is 6.62. The van der Waals surface area contributed by atoms with Crippen molar-refractivity contribution in [2.75, 3.05) is 6.54 Å². The van der Waals surface area contributed by atoms with Gasteiger partial charge in [-0.15, -0.1) is 0 Å². The SMILES string of the molecule is O=C(Cl)NCCc1cc(F)ccc1F. The molecule has 0 saturated heterocycles. The second kappa shape index (κ2) is 4.91. The van der Waals surface area contributed by atoms with Gasteiger partial charge in [0, 0.05) is 6.54 Å². The third-order valence-electron chi connectivity index (χ3n) is 1.67. The number of benzene rings is 1. The molecule has 0 spiro atoms. The van der Waals surface area contributed by atoms with E-state index < -0.39 is 17.0 Å². The Bertz CT molecular complexity index is 344. The lowest BCUT2D eigenvalue weighted by molar-refractivity contribution is 0.260. The molecule has 0 unspecified atom stereocenters. The molecule has 5 heteroatoms. The summed E-state index contributed by atoms with van der Waals surface area (Å²) in [7, 11) is 0. The van der Waals surface area contributed by atoms with Crippen molar-refractivity contribution < 1.29 is 13.6 Å². The molecule has 1 amide bonds. The van der Waals surface area contributed by atoms with Crippen molar-refractivity contribution in [2.24, 2.45) is 0 Å². The third kappa shape index (κ3) is 3.30. The molecular formula is C9H8ClF2NO. The molecule has 0 fully saturated rings. The van der Waals surface area contributed by atoms with Gasteiger partial charge in [0.15, 0.2) is 0 Å². The van der Waals surface area contributed by atoms with Crippen LogP contribution in [-0.4, -0.2) is 11.9 Å². The first-order valence-corrected chi connectivity index (χ1v) is 4.34. The van der Waals surface area contributed by atoms with E-state index in [1.807, 2.05) is 0 Å². The molecule has 0 saturated carbocycles. The monoisotopic (exact) mass is 219 g/mol. The summed E-state index contributed by atoms with van der Waals surface area (Å²) in [4.78, 5) is 10.3. The number of hydrogen-bond acceptors (Lipinski definition) is 1. The molecule has 0 atom stereocenters. The summed E-state index contributed by atoms with van der Waals surface area (Å²) in [5.41, 5.74) is 0.218. The van der Waals surface area contributed by atoms with E-state index in [0.717, 1.165) is 18.2 Å². The van der Waals surface area contributed by atoms with E-state index in [0.29, 0.717) is 0 Å². The Labute approximate surface area is 84.9 Å². The molecule has 0 radical (unpaired) electrons. The summed E-state index contributed by atoms with van der Waals surface area (Å²) >= 11 is 5.00. The normalized spacial score (nSPS) is 9.93. The van der Waals surface area contributed by atoms with E-state index in [1.54, 1.807) is 0 Å². The molecule has 1 aromatic carbocycles. The van der Waals surface area contributed by atoms with Crippen LogP contribution in [0.3, 0.4) is 0 Å². The molecule has 2 nitrogen and oxygen atoms in total. The van der Waals surface area contributed by atoms with Crippen LogP contribution >= 0.6 is 11.6 Å². The smallest absolute Gasteiger partial charge is 0.313 e. The lowest BCUT2D eigenvalue weighted by atomic mass is 10.1. The summed E-state index contributed by atoms with van der Waals surface area (Å²) in [5, 5.41) is 1.57. The molecule has 1 N–H and O–H groups in total. The van der Waals surface area contributed by atoms with Gasteiger partial charge in [-0.3, -0.25) is 4.79 Å². The van der Waals surface area contributed by atoms with Crippen LogP contribution in [0, 0.1) is 11.6 Å². The Morgan fingerprint density at radius 3 is 2.79 bits per heavy atom. The summed E-state index contributed by atoms with van der Waals surface area (Å²) < 4.78 is 25.6. The van der Waals surface area contributed by atoms with E-state index >= 15 is 0 Å². The minimum absolute atomic E-state index is 0.183. The second-order valence-electron chi connectivity index (χ2n) is 2.69. The lowest BCUT2D eigenvalue weighted by Crippen LogP contribution is -2.19. The van der Waals surface area contributed by atoms with Gasteiger partial charge in [-0.25, -0.2) is 8.78 Å². The fraction of sp³-hybridized carbons (Fsp3) is 0.222. The average molecular weight is 220 g/mol. The van der Waals surface area contributed by atoms with Crippen LogP contribution in [0.15, 0.2) is 18.2 Å². The van der Waals surface area contributed by atoms with E-state index in [9.17, 15) is 13.6 Å². The molecule has 0 aliphatic carbocycles. The zero-order chi connectivity index (χ0) is 10.6. The van der Waals surface area contributed by atoms with Crippen LogP contribution in [0.5, 0.6) is 0 Å². The fourth-order valence-corrected chi connectivity index (χ4v) is 1.12. The number of nitrogens with one attached hydrogen (secondary N) is 1. The van der Waals surface area contributed by atoms with Crippen molar-refractivity contribution in [3.05, 3.63) is 35.4 Å². The molecule has 14 heavy (non-hydrogen) atoms. The van der Waals surface area contributed by atoms with Crippen LogP contribution in [0.4, 0.5) is 13.6 Å². The van der Waals surface area contributed by atoms with Gasteiger partial charge in [-0.1, -0.05) is 0 Å². The molecule has 0 bridgehead atoms. The predicted octanol–water partition coefficient (Wildman–Crippen LogP) is 2.46. The first kappa shape index (κ1) is 10.9. The van der Waals surface area contributed by atoms with Gasteiger partial charge in [0.05, 0.1) is 0 Å². The molecule has 0 heterocycles. The highest BCUT2D eigenvalue weighted by atomic mass is 35.5. The van der Waals surface area contributed by atoms with Gasteiger partial charge in [0.2, 0.25) is 0 Å². The molecule has 1 aromatic rings. The van der Waals surface area contributed by atoms with Gasteiger partial charge in [0.25, 0.3) is 0 Å². The number of rotatable bonds is 3. The lowest BCUT2D eigenvalue weighted by Gasteiger charge is -2.03. The molecule has 1 rings (SSSR count). The fourth-order valence-electron chi connectivity index (χ4n) is 1.03. The second-order valence-corrected chi connectivity index (χ2v) is 3.03. The first-order chi connectivity index (χ1) is 6.59. The Hall–Kier alpha value is -1.16. The molecular weight excluding hydrogens is 212 g/mol. The van der Waals surface area contributed by atoms with E-state index in [4.69, 9.17) is 11.6 Å². The predicted molar refractivity (Wildman–Crippen MR) is 49.3 cm³/mol. The number of amides is 1. The quantitative estimate of drug-likeness (QED) is 0.614. The number of carbonyl (C=O) groups is 1. The third-order valence-corrected chi connectivity index (χ3v) is 1.80. The molecule has 0 aliphatic rings. The largest absolute Gasteiger partial charge is 0.342 e. The van der Waals surface area contributed by atoms with Crippen molar-refractivity contribution in [3.8, 4) is 0 Å².